The zero-order valence-corrected chi connectivity index (χ0v) is 13.9. The van der Waals surface area contributed by atoms with Gasteiger partial charge in [0.15, 0.2) is 0 Å². The summed E-state index contributed by atoms with van der Waals surface area (Å²) in [6, 6.07) is 11.7. The van der Waals surface area contributed by atoms with Crippen LogP contribution in [0.2, 0.25) is 0 Å². The molecule has 1 unspecified atom stereocenters. The van der Waals surface area contributed by atoms with Crippen LogP contribution in [0.3, 0.4) is 0 Å². The van der Waals surface area contributed by atoms with E-state index in [-0.39, 0.29) is 5.91 Å². The molecule has 0 radical (unpaired) electrons. The summed E-state index contributed by atoms with van der Waals surface area (Å²) in [6.45, 7) is 2.30. The minimum atomic E-state index is 0.0192. The van der Waals surface area contributed by atoms with Gasteiger partial charge in [0.25, 0.3) is 5.91 Å². The number of carbonyl (C=O) groups excluding carboxylic acids is 1. The lowest BCUT2D eigenvalue weighted by atomic mass is 9.98. The fraction of sp³-hybridized carbons (Fsp3) is 0.333. The summed E-state index contributed by atoms with van der Waals surface area (Å²) in [5.74, 6) is 0.400. The zero-order chi connectivity index (χ0) is 17.1. The van der Waals surface area contributed by atoms with Crippen LogP contribution in [-0.2, 0) is 6.54 Å². The maximum absolute atomic E-state index is 12.5. The Morgan fingerprint density at radius 3 is 2.92 bits per heavy atom. The fourth-order valence-corrected chi connectivity index (χ4v) is 3.34. The van der Waals surface area contributed by atoms with E-state index in [0.29, 0.717) is 11.6 Å². The standard InChI is InChI=1S/C18H20N6O/c25-18(16-8-9-19-20-16)23-10-4-5-14(11-23)12-24-13-17(21-22-24)15-6-2-1-3-7-15/h1-3,6-9,13-14H,4-5,10-12H2,(H,19,20). The van der Waals surface area contributed by atoms with E-state index in [1.807, 2.05) is 46.1 Å². The van der Waals surface area contributed by atoms with Gasteiger partial charge in [0.05, 0.1) is 6.20 Å². The average molecular weight is 336 g/mol. The SMILES string of the molecule is O=C(c1ccn[nH]1)N1CCCC(Cn2cc(-c3ccccc3)nn2)C1. The highest BCUT2D eigenvalue weighted by Gasteiger charge is 2.25. The molecule has 1 saturated heterocycles. The van der Waals surface area contributed by atoms with Gasteiger partial charge in [0.1, 0.15) is 11.4 Å². The zero-order valence-electron chi connectivity index (χ0n) is 13.9. The van der Waals surface area contributed by atoms with Gasteiger partial charge in [-0.25, -0.2) is 0 Å². The third-order valence-corrected chi connectivity index (χ3v) is 4.59. The van der Waals surface area contributed by atoms with Crippen molar-refractivity contribution in [3.8, 4) is 11.3 Å². The van der Waals surface area contributed by atoms with E-state index in [4.69, 9.17) is 0 Å². The van der Waals surface area contributed by atoms with Crippen LogP contribution in [0.4, 0.5) is 0 Å². The molecule has 1 aromatic carbocycles. The third-order valence-electron chi connectivity index (χ3n) is 4.59. The Morgan fingerprint density at radius 2 is 2.12 bits per heavy atom. The number of likely N-dealkylation sites (tertiary alicyclic amines) is 1. The van der Waals surface area contributed by atoms with Crippen molar-refractivity contribution in [1.29, 1.82) is 0 Å². The Labute approximate surface area is 145 Å². The average Bonchev–Trinajstić information content (AvgIpc) is 3.34. The van der Waals surface area contributed by atoms with Crippen LogP contribution >= 0.6 is 0 Å². The smallest absolute Gasteiger partial charge is 0.271 e. The number of aromatic amines is 1. The van der Waals surface area contributed by atoms with Crippen molar-refractivity contribution in [3.63, 3.8) is 0 Å². The molecule has 0 bridgehead atoms. The van der Waals surface area contributed by atoms with Crippen molar-refractivity contribution in [2.75, 3.05) is 13.1 Å². The van der Waals surface area contributed by atoms with E-state index in [2.05, 4.69) is 20.5 Å². The van der Waals surface area contributed by atoms with Gasteiger partial charge in [-0.1, -0.05) is 35.5 Å². The van der Waals surface area contributed by atoms with E-state index in [9.17, 15) is 4.79 Å². The highest BCUT2D eigenvalue weighted by atomic mass is 16.2. The van der Waals surface area contributed by atoms with Gasteiger partial charge in [-0.05, 0) is 24.8 Å². The molecule has 3 heterocycles. The number of nitrogens with one attached hydrogen (secondary N) is 1. The Morgan fingerprint density at radius 1 is 1.24 bits per heavy atom. The second-order valence-corrected chi connectivity index (χ2v) is 6.42. The van der Waals surface area contributed by atoms with Crippen LogP contribution in [0.5, 0.6) is 0 Å². The number of nitrogens with zero attached hydrogens (tertiary/aromatic N) is 5. The van der Waals surface area contributed by atoms with Gasteiger partial charge in [0, 0.05) is 31.4 Å². The van der Waals surface area contributed by atoms with E-state index in [1.165, 1.54) is 0 Å². The normalized spacial score (nSPS) is 17.6. The number of hydrogen-bond donors (Lipinski definition) is 1. The second-order valence-electron chi connectivity index (χ2n) is 6.42. The fourth-order valence-electron chi connectivity index (χ4n) is 3.34. The lowest BCUT2D eigenvalue weighted by molar-refractivity contribution is 0.0653. The van der Waals surface area contributed by atoms with Gasteiger partial charge < -0.3 is 4.90 Å². The first-order chi connectivity index (χ1) is 12.3. The first-order valence-corrected chi connectivity index (χ1v) is 8.54. The lowest BCUT2D eigenvalue weighted by Crippen LogP contribution is -2.41. The number of amides is 1. The molecule has 1 fully saturated rings. The van der Waals surface area contributed by atoms with Crippen LogP contribution in [-0.4, -0.2) is 49.1 Å². The summed E-state index contributed by atoms with van der Waals surface area (Å²) in [7, 11) is 0. The summed E-state index contributed by atoms with van der Waals surface area (Å²) >= 11 is 0. The molecule has 7 nitrogen and oxygen atoms in total. The van der Waals surface area contributed by atoms with Gasteiger partial charge in [0.2, 0.25) is 0 Å². The monoisotopic (exact) mass is 336 g/mol. The number of piperidine rings is 1. The molecule has 1 atom stereocenters. The summed E-state index contributed by atoms with van der Waals surface area (Å²) in [4.78, 5) is 14.4. The number of carbonyl (C=O) groups is 1. The minimum absolute atomic E-state index is 0.0192. The molecule has 25 heavy (non-hydrogen) atoms. The van der Waals surface area contributed by atoms with Gasteiger partial charge in [-0.2, -0.15) is 5.10 Å². The van der Waals surface area contributed by atoms with Crippen LogP contribution in [0.25, 0.3) is 11.3 Å². The highest BCUT2D eigenvalue weighted by molar-refractivity contribution is 5.92. The number of hydrogen-bond acceptors (Lipinski definition) is 4. The van der Waals surface area contributed by atoms with Crippen molar-refractivity contribution in [2.24, 2.45) is 5.92 Å². The Balaban J connectivity index is 1.41. The Bertz CT molecular complexity index is 826. The molecule has 1 N–H and O–H groups in total. The van der Waals surface area contributed by atoms with Crippen LogP contribution < -0.4 is 0 Å². The van der Waals surface area contributed by atoms with E-state index >= 15 is 0 Å². The molecule has 128 valence electrons. The van der Waals surface area contributed by atoms with Crippen molar-refractivity contribution in [2.45, 2.75) is 19.4 Å². The largest absolute Gasteiger partial charge is 0.337 e. The topological polar surface area (TPSA) is 79.7 Å². The quantitative estimate of drug-likeness (QED) is 0.792. The molecule has 0 saturated carbocycles. The van der Waals surface area contributed by atoms with Crippen LogP contribution in [0, 0.1) is 5.92 Å². The molecule has 0 aliphatic carbocycles. The molecule has 0 spiro atoms. The van der Waals surface area contributed by atoms with E-state index < -0.39 is 0 Å². The second kappa shape index (κ2) is 6.88. The molecule has 1 amide bonds. The van der Waals surface area contributed by atoms with Gasteiger partial charge in [-0.15, -0.1) is 5.10 Å². The van der Waals surface area contributed by atoms with Gasteiger partial charge in [-0.3, -0.25) is 14.6 Å². The summed E-state index contributed by atoms with van der Waals surface area (Å²) in [5.41, 5.74) is 2.49. The molecular formula is C18H20N6O. The summed E-state index contributed by atoms with van der Waals surface area (Å²) in [6.07, 6.45) is 5.68. The van der Waals surface area contributed by atoms with Gasteiger partial charge >= 0.3 is 0 Å². The Hall–Kier alpha value is -2.96. The van der Waals surface area contributed by atoms with Crippen molar-refractivity contribution in [1.82, 2.24) is 30.1 Å². The molecule has 7 heteroatoms. The Kier molecular flexibility index (Phi) is 4.28. The maximum Gasteiger partial charge on any atom is 0.271 e. The first-order valence-electron chi connectivity index (χ1n) is 8.54. The minimum Gasteiger partial charge on any atom is -0.337 e. The predicted molar refractivity (Wildman–Crippen MR) is 92.7 cm³/mol. The van der Waals surface area contributed by atoms with E-state index in [1.54, 1.807) is 12.3 Å². The lowest BCUT2D eigenvalue weighted by Gasteiger charge is -2.32. The summed E-state index contributed by atoms with van der Waals surface area (Å²) in [5, 5.41) is 15.1. The number of aromatic nitrogens is 5. The summed E-state index contributed by atoms with van der Waals surface area (Å²) < 4.78 is 1.89. The van der Waals surface area contributed by atoms with E-state index in [0.717, 1.165) is 43.7 Å². The predicted octanol–water partition coefficient (Wildman–Crippen LogP) is 2.22. The molecule has 3 aromatic rings. The molecule has 1 aliphatic heterocycles. The number of H-pyrrole nitrogens is 1. The van der Waals surface area contributed by atoms with Crippen LogP contribution in [0.1, 0.15) is 23.3 Å². The van der Waals surface area contributed by atoms with Crippen molar-refractivity contribution in [3.05, 3.63) is 54.5 Å². The van der Waals surface area contributed by atoms with Crippen molar-refractivity contribution < 1.29 is 4.79 Å². The maximum atomic E-state index is 12.5. The van der Waals surface area contributed by atoms with Crippen LogP contribution in [0.15, 0.2) is 48.8 Å². The molecular weight excluding hydrogens is 316 g/mol. The third kappa shape index (κ3) is 3.45. The number of rotatable bonds is 4. The number of benzene rings is 1. The molecule has 2 aromatic heterocycles. The highest BCUT2D eigenvalue weighted by Crippen LogP contribution is 2.21. The molecule has 1 aliphatic rings. The molecule has 4 rings (SSSR count). The van der Waals surface area contributed by atoms with Crippen molar-refractivity contribution >= 4 is 5.91 Å². The first kappa shape index (κ1) is 15.6.